The maximum atomic E-state index is 2.59. The fourth-order valence-electron chi connectivity index (χ4n) is 4.86. The van der Waals surface area contributed by atoms with Crippen molar-refractivity contribution in [2.24, 2.45) is 5.92 Å². The van der Waals surface area contributed by atoms with Crippen LogP contribution < -0.4 is 0 Å². The molecule has 3 saturated heterocycles. The standard InChI is InChI=1S/C10H21N.2C9H19N/c1-9-5-7-11(8-6-9)10(2,3)4;1-9(2,3)10-7-5-4-6-8-10;1-9(2)10-7-5-3-4-6-8-10/h9H,5-8H2,1-4H3;4-8H2,1-3H3;9H,3-8H2,1-2H3. The molecule has 0 amide bonds. The van der Waals surface area contributed by atoms with Crippen molar-refractivity contribution in [1.82, 2.24) is 14.7 Å². The first-order valence-corrected chi connectivity index (χ1v) is 13.7. The highest BCUT2D eigenvalue weighted by Crippen LogP contribution is 2.23. The molecule has 0 atom stereocenters. The molecule has 0 bridgehead atoms. The van der Waals surface area contributed by atoms with Crippen LogP contribution in [0.25, 0.3) is 0 Å². The highest BCUT2D eigenvalue weighted by Gasteiger charge is 2.25. The second-order valence-corrected chi connectivity index (χ2v) is 12.6. The molecule has 0 radical (unpaired) electrons. The second kappa shape index (κ2) is 14.2. The summed E-state index contributed by atoms with van der Waals surface area (Å²) in [4.78, 5) is 7.76. The summed E-state index contributed by atoms with van der Waals surface area (Å²) in [6, 6.07) is 0.762. The predicted molar refractivity (Wildman–Crippen MR) is 140 cm³/mol. The Bertz CT molecular complexity index is 424. The predicted octanol–water partition coefficient (Wildman–Crippen LogP) is 7.06. The van der Waals surface area contributed by atoms with Crippen LogP contribution in [0.4, 0.5) is 0 Å². The van der Waals surface area contributed by atoms with E-state index >= 15 is 0 Å². The summed E-state index contributed by atoms with van der Waals surface area (Å²) < 4.78 is 0. The van der Waals surface area contributed by atoms with Crippen LogP contribution in [0.3, 0.4) is 0 Å². The van der Waals surface area contributed by atoms with E-state index in [4.69, 9.17) is 0 Å². The zero-order valence-corrected chi connectivity index (χ0v) is 23.1. The van der Waals surface area contributed by atoms with E-state index in [0.717, 1.165) is 12.0 Å². The Kier molecular flexibility index (Phi) is 13.3. The fraction of sp³-hybridized carbons (Fsp3) is 1.00. The molecular formula is C28H59N3. The molecule has 31 heavy (non-hydrogen) atoms. The first-order valence-electron chi connectivity index (χ1n) is 13.7. The Labute approximate surface area is 197 Å². The summed E-state index contributed by atoms with van der Waals surface area (Å²) in [5.74, 6) is 0.952. The average molecular weight is 438 g/mol. The summed E-state index contributed by atoms with van der Waals surface area (Å²) in [5, 5.41) is 0. The lowest BCUT2D eigenvalue weighted by atomic mass is 9.95. The Morgan fingerprint density at radius 3 is 1.26 bits per heavy atom. The highest BCUT2D eigenvalue weighted by molar-refractivity contribution is 4.80. The Morgan fingerprint density at radius 2 is 0.903 bits per heavy atom. The van der Waals surface area contributed by atoms with Gasteiger partial charge in [-0.2, -0.15) is 0 Å². The van der Waals surface area contributed by atoms with Crippen molar-refractivity contribution in [2.45, 2.75) is 137 Å². The lowest BCUT2D eigenvalue weighted by molar-refractivity contribution is 0.0916. The van der Waals surface area contributed by atoms with Crippen LogP contribution in [-0.4, -0.2) is 71.1 Å². The lowest BCUT2D eigenvalue weighted by Crippen LogP contribution is -2.45. The molecule has 0 aliphatic carbocycles. The molecule has 0 unspecified atom stereocenters. The highest BCUT2D eigenvalue weighted by atomic mass is 15.2. The minimum atomic E-state index is 0.389. The quantitative estimate of drug-likeness (QED) is 0.435. The smallest absolute Gasteiger partial charge is 0.0125 e. The van der Waals surface area contributed by atoms with Gasteiger partial charge in [-0.05, 0) is 139 Å². The first kappa shape index (κ1) is 28.9. The van der Waals surface area contributed by atoms with Crippen LogP contribution in [0.5, 0.6) is 0 Å². The SMILES string of the molecule is CC(C)(C)N1CCCCC1.CC(C)N1CCCCCC1.CC1CCN(C(C)(C)C)CC1. The van der Waals surface area contributed by atoms with Crippen LogP contribution in [0.2, 0.25) is 0 Å². The van der Waals surface area contributed by atoms with Gasteiger partial charge < -0.3 is 4.90 Å². The van der Waals surface area contributed by atoms with Gasteiger partial charge in [0, 0.05) is 17.1 Å². The van der Waals surface area contributed by atoms with E-state index in [9.17, 15) is 0 Å². The molecule has 3 aliphatic rings. The number of nitrogens with zero attached hydrogens (tertiary/aromatic N) is 3. The van der Waals surface area contributed by atoms with E-state index in [0.29, 0.717) is 11.1 Å². The summed E-state index contributed by atoms with van der Waals surface area (Å²) in [6.45, 7) is 28.7. The van der Waals surface area contributed by atoms with Crippen molar-refractivity contribution in [3.05, 3.63) is 0 Å². The minimum Gasteiger partial charge on any atom is -0.301 e. The topological polar surface area (TPSA) is 9.72 Å². The summed E-state index contributed by atoms with van der Waals surface area (Å²) in [6.07, 6.45) is 12.7. The Morgan fingerprint density at radius 1 is 0.548 bits per heavy atom. The molecule has 3 rings (SSSR count). The van der Waals surface area contributed by atoms with Gasteiger partial charge in [-0.15, -0.1) is 0 Å². The van der Waals surface area contributed by atoms with Gasteiger partial charge in [0.1, 0.15) is 0 Å². The van der Waals surface area contributed by atoms with Crippen LogP contribution in [0.15, 0.2) is 0 Å². The molecular weight excluding hydrogens is 378 g/mol. The van der Waals surface area contributed by atoms with E-state index in [-0.39, 0.29) is 0 Å². The van der Waals surface area contributed by atoms with Crippen molar-refractivity contribution in [2.75, 3.05) is 39.3 Å². The van der Waals surface area contributed by atoms with Crippen LogP contribution in [0, 0.1) is 5.92 Å². The first-order chi connectivity index (χ1) is 14.4. The molecule has 3 heteroatoms. The van der Waals surface area contributed by atoms with E-state index in [1.165, 1.54) is 97.1 Å². The molecule has 0 N–H and O–H groups in total. The number of hydrogen-bond donors (Lipinski definition) is 0. The minimum absolute atomic E-state index is 0.389. The van der Waals surface area contributed by atoms with Crippen molar-refractivity contribution in [1.29, 1.82) is 0 Å². The van der Waals surface area contributed by atoms with E-state index in [1.54, 1.807) is 0 Å². The van der Waals surface area contributed by atoms with Crippen LogP contribution >= 0.6 is 0 Å². The maximum absolute atomic E-state index is 2.59. The molecule has 3 nitrogen and oxygen atoms in total. The summed E-state index contributed by atoms with van der Waals surface area (Å²) in [5.41, 5.74) is 0.792. The number of hydrogen-bond acceptors (Lipinski definition) is 3. The van der Waals surface area contributed by atoms with Crippen LogP contribution in [0.1, 0.15) is 120 Å². The third-order valence-electron chi connectivity index (χ3n) is 7.41. The Hall–Kier alpha value is -0.120. The molecule has 0 saturated carbocycles. The maximum Gasteiger partial charge on any atom is 0.0125 e. The summed E-state index contributed by atoms with van der Waals surface area (Å²) >= 11 is 0. The van der Waals surface area contributed by atoms with E-state index in [2.05, 4.69) is 77.0 Å². The number of piperidine rings is 2. The van der Waals surface area contributed by atoms with Crippen molar-refractivity contribution >= 4 is 0 Å². The van der Waals surface area contributed by atoms with Crippen molar-refractivity contribution in [3.8, 4) is 0 Å². The molecule has 186 valence electrons. The van der Waals surface area contributed by atoms with E-state index in [1.807, 2.05) is 0 Å². The lowest BCUT2D eigenvalue weighted by Gasteiger charge is -2.40. The molecule has 0 aromatic carbocycles. The largest absolute Gasteiger partial charge is 0.301 e. The van der Waals surface area contributed by atoms with Gasteiger partial charge in [-0.3, -0.25) is 9.80 Å². The Balaban J connectivity index is 0.000000233. The van der Waals surface area contributed by atoms with Gasteiger partial charge >= 0.3 is 0 Å². The average Bonchev–Trinajstić information content (AvgIpc) is 2.98. The van der Waals surface area contributed by atoms with Gasteiger partial charge in [-0.25, -0.2) is 0 Å². The third-order valence-corrected chi connectivity index (χ3v) is 7.41. The molecule has 3 fully saturated rings. The zero-order chi connectivity index (χ0) is 23.5. The van der Waals surface area contributed by atoms with Crippen LogP contribution in [-0.2, 0) is 0 Å². The molecule has 3 aliphatic heterocycles. The summed E-state index contributed by atoms with van der Waals surface area (Å²) in [7, 11) is 0. The molecule has 0 spiro atoms. The van der Waals surface area contributed by atoms with Crippen molar-refractivity contribution < 1.29 is 0 Å². The van der Waals surface area contributed by atoms with Gasteiger partial charge in [0.05, 0.1) is 0 Å². The normalized spacial score (nSPS) is 23.4. The number of likely N-dealkylation sites (tertiary alicyclic amines) is 3. The molecule has 0 aromatic rings. The monoisotopic (exact) mass is 437 g/mol. The zero-order valence-electron chi connectivity index (χ0n) is 23.1. The van der Waals surface area contributed by atoms with Gasteiger partial charge in [-0.1, -0.05) is 26.2 Å². The second-order valence-electron chi connectivity index (χ2n) is 12.6. The molecule has 3 heterocycles. The van der Waals surface area contributed by atoms with Gasteiger partial charge in [0.2, 0.25) is 0 Å². The third kappa shape index (κ3) is 12.6. The number of rotatable bonds is 1. The van der Waals surface area contributed by atoms with Crippen molar-refractivity contribution in [3.63, 3.8) is 0 Å². The van der Waals surface area contributed by atoms with Gasteiger partial charge in [0.25, 0.3) is 0 Å². The fourth-order valence-corrected chi connectivity index (χ4v) is 4.86. The van der Waals surface area contributed by atoms with Gasteiger partial charge in [0.15, 0.2) is 0 Å². The van der Waals surface area contributed by atoms with E-state index < -0.39 is 0 Å². The molecule has 0 aromatic heterocycles.